The zero-order valence-electron chi connectivity index (χ0n) is 7.44. The maximum atomic E-state index is 8.54. The van der Waals surface area contributed by atoms with E-state index in [2.05, 4.69) is 45.2 Å². The molecule has 0 radical (unpaired) electrons. The number of hydrogen-bond acceptors (Lipinski definition) is 1. The summed E-state index contributed by atoms with van der Waals surface area (Å²) in [7, 11) is 0. The first-order chi connectivity index (χ1) is 5.77. The zero-order chi connectivity index (χ0) is 9.23. The fourth-order valence-electron chi connectivity index (χ4n) is 1.12. The maximum absolute atomic E-state index is 8.54. The molecule has 0 saturated heterocycles. The van der Waals surface area contributed by atoms with E-state index in [9.17, 15) is 0 Å². The van der Waals surface area contributed by atoms with Crippen LogP contribution >= 0.6 is 45.2 Å². The van der Waals surface area contributed by atoms with Gasteiger partial charge in [-0.3, -0.25) is 0 Å². The minimum atomic E-state index is 0.365. The molecule has 12 heavy (non-hydrogen) atoms. The van der Waals surface area contributed by atoms with Crippen LogP contribution in [0.4, 0.5) is 0 Å². The summed E-state index contributed by atoms with van der Waals surface area (Å²) in [5, 5.41) is 8.54. The summed E-state index contributed by atoms with van der Waals surface area (Å²) in [6.07, 6.45) is 8.92. The second kappa shape index (κ2) is 10.5. The molecule has 0 aromatic heterocycles. The van der Waals surface area contributed by atoms with E-state index in [4.69, 9.17) is 5.11 Å². The predicted octanol–water partition coefficient (Wildman–Crippen LogP) is 3.91. The Morgan fingerprint density at radius 1 is 0.833 bits per heavy atom. The van der Waals surface area contributed by atoms with Gasteiger partial charge in [-0.1, -0.05) is 77.3 Å². The number of rotatable bonds is 8. The van der Waals surface area contributed by atoms with Gasteiger partial charge in [-0.15, -0.1) is 0 Å². The molecule has 0 aliphatic rings. The van der Waals surface area contributed by atoms with Gasteiger partial charge in [0.25, 0.3) is 0 Å². The van der Waals surface area contributed by atoms with Gasteiger partial charge in [-0.2, -0.15) is 0 Å². The molecule has 3 heteroatoms. The van der Waals surface area contributed by atoms with Crippen LogP contribution in [-0.2, 0) is 0 Å². The van der Waals surface area contributed by atoms with E-state index in [-0.39, 0.29) is 0 Å². The molecule has 0 unspecified atom stereocenters. The summed E-state index contributed by atoms with van der Waals surface area (Å²) < 4.78 is 0.803. The van der Waals surface area contributed by atoms with Gasteiger partial charge in [0.05, 0.1) is 1.93 Å². The van der Waals surface area contributed by atoms with Crippen LogP contribution in [0.15, 0.2) is 0 Å². The van der Waals surface area contributed by atoms with Crippen LogP contribution in [0.1, 0.15) is 44.9 Å². The second-order valence-corrected chi connectivity index (χ2v) is 8.42. The highest BCUT2D eigenvalue weighted by atomic mass is 127. The van der Waals surface area contributed by atoms with Crippen molar-refractivity contribution in [3.8, 4) is 0 Å². The third-order valence-electron chi connectivity index (χ3n) is 1.83. The monoisotopic (exact) mass is 396 g/mol. The van der Waals surface area contributed by atoms with E-state index in [1.54, 1.807) is 0 Å². The molecule has 0 spiro atoms. The third kappa shape index (κ3) is 11.4. The van der Waals surface area contributed by atoms with Gasteiger partial charge >= 0.3 is 0 Å². The Balaban J connectivity index is 2.82. The molecule has 0 aromatic rings. The van der Waals surface area contributed by atoms with Crippen LogP contribution in [0.5, 0.6) is 0 Å². The Labute approximate surface area is 103 Å². The van der Waals surface area contributed by atoms with Gasteiger partial charge in [-0.05, 0) is 12.8 Å². The predicted molar refractivity (Wildman–Crippen MR) is 71.2 cm³/mol. The van der Waals surface area contributed by atoms with Crippen LogP contribution in [0.25, 0.3) is 0 Å². The Kier molecular flexibility index (Phi) is 11.7. The van der Waals surface area contributed by atoms with Crippen LogP contribution in [0.2, 0.25) is 0 Å². The average molecular weight is 396 g/mol. The van der Waals surface area contributed by atoms with E-state index in [0.717, 1.165) is 8.35 Å². The molecule has 74 valence electrons. The standard InChI is InChI=1S/C9H18I2O/c10-9(11)7-5-3-1-2-4-6-8-12/h9,12H,1-8H2. The van der Waals surface area contributed by atoms with Crippen molar-refractivity contribution < 1.29 is 5.11 Å². The largest absolute Gasteiger partial charge is 0.396 e. The fraction of sp³-hybridized carbons (Fsp3) is 1.00. The highest BCUT2D eigenvalue weighted by Crippen LogP contribution is 2.18. The molecule has 0 rings (SSSR count). The van der Waals surface area contributed by atoms with Crippen LogP contribution in [0.3, 0.4) is 0 Å². The van der Waals surface area contributed by atoms with Crippen molar-refractivity contribution in [2.75, 3.05) is 6.61 Å². The lowest BCUT2D eigenvalue weighted by atomic mass is 10.1. The van der Waals surface area contributed by atoms with Crippen molar-refractivity contribution >= 4 is 45.2 Å². The lowest BCUT2D eigenvalue weighted by Crippen LogP contribution is -1.86. The summed E-state index contributed by atoms with van der Waals surface area (Å²) in [5.41, 5.74) is 0. The molecule has 0 fully saturated rings. The highest BCUT2D eigenvalue weighted by molar-refractivity contribution is 14.2. The van der Waals surface area contributed by atoms with Crippen LogP contribution in [-0.4, -0.2) is 13.6 Å². The van der Waals surface area contributed by atoms with Crippen molar-refractivity contribution in [3.05, 3.63) is 0 Å². The normalized spacial score (nSPS) is 11.0. The van der Waals surface area contributed by atoms with Gasteiger partial charge in [0.1, 0.15) is 0 Å². The Morgan fingerprint density at radius 3 is 1.83 bits per heavy atom. The number of unbranched alkanes of at least 4 members (excludes halogenated alkanes) is 5. The second-order valence-electron chi connectivity index (χ2n) is 3.02. The molecule has 0 bridgehead atoms. The lowest BCUT2D eigenvalue weighted by Gasteiger charge is -2.01. The van der Waals surface area contributed by atoms with Crippen LogP contribution < -0.4 is 0 Å². The molecule has 0 aliphatic carbocycles. The van der Waals surface area contributed by atoms with Crippen molar-refractivity contribution in [2.24, 2.45) is 0 Å². The first kappa shape index (κ1) is 13.4. The van der Waals surface area contributed by atoms with Gasteiger partial charge < -0.3 is 5.11 Å². The van der Waals surface area contributed by atoms with Crippen molar-refractivity contribution in [1.82, 2.24) is 0 Å². The van der Waals surface area contributed by atoms with E-state index in [1.165, 1.54) is 38.5 Å². The summed E-state index contributed by atoms with van der Waals surface area (Å²) in [5.74, 6) is 0. The topological polar surface area (TPSA) is 20.2 Å². The third-order valence-corrected chi connectivity index (χ3v) is 3.08. The quantitative estimate of drug-likeness (QED) is 0.375. The van der Waals surface area contributed by atoms with E-state index in [1.807, 2.05) is 0 Å². The molecule has 1 nitrogen and oxygen atoms in total. The molecular weight excluding hydrogens is 378 g/mol. The first-order valence-electron chi connectivity index (χ1n) is 4.66. The fourth-order valence-corrected chi connectivity index (χ4v) is 2.00. The van der Waals surface area contributed by atoms with Gasteiger partial charge in [0.2, 0.25) is 0 Å². The van der Waals surface area contributed by atoms with E-state index in [0.29, 0.717) is 6.61 Å². The smallest absolute Gasteiger partial charge is 0.0626 e. The lowest BCUT2D eigenvalue weighted by molar-refractivity contribution is 0.282. The average Bonchev–Trinajstić information content (AvgIpc) is 2.02. The SMILES string of the molecule is OCCCCCCCCC(I)I. The van der Waals surface area contributed by atoms with Gasteiger partial charge in [0, 0.05) is 6.61 Å². The van der Waals surface area contributed by atoms with E-state index >= 15 is 0 Å². The number of aliphatic hydroxyl groups excluding tert-OH is 1. The molecule has 0 saturated carbocycles. The molecule has 0 aromatic carbocycles. The molecule has 0 aliphatic heterocycles. The minimum absolute atomic E-state index is 0.365. The Bertz CT molecular complexity index is 86.6. The maximum Gasteiger partial charge on any atom is 0.0626 e. The minimum Gasteiger partial charge on any atom is -0.396 e. The number of hydrogen-bond donors (Lipinski definition) is 1. The summed E-state index contributed by atoms with van der Waals surface area (Å²) in [6.45, 7) is 0.365. The Hall–Kier alpha value is 1.42. The Morgan fingerprint density at radius 2 is 1.33 bits per heavy atom. The van der Waals surface area contributed by atoms with Crippen molar-refractivity contribution in [1.29, 1.82) is 0 Å². The molecular formula is C9H18I2O. The molecule has 0 heterocycles. The zero-order valence-corrected chi connectivity index (χ0v) is 11.8. The number of halogens is 2. The van der Waals surface area contributed by atoms with Gasteiger partial charge in [-0.25, -0.2) is 0 Å². The van der Waals surface area contributed by atoms with Crippen LogP contribution in [0, 0.1) is 0 Å². The first-order valence-corrected chi connectivity index (χ1v) is 7.15. The van der Waals surface area contributed by atoms with Crippen molar-refractivity contribution in [3.63, 3.8) is 0 Å². The van der Waals surface area contributed by atoms with Crippen molar-refractivity contribution in [2.45, 2.75) is 46.9 Å². The molecule has 0 atom stereocenters. The van der Waals surface area contributed by atoms with Gasteiger partial charge in [0.15, 0.2) is 0 Å². The molecule has 0 amide bonds. The summed E-state index contributed by atoms with van der Waals surface area (Å²) in [6, 6.07) is 0. The summed E-state index contributed by atoms with van der Waals surface area (Å²) >= 11 is 4.94. The number of alkyl halides is 2. The van der Waals surface area contributed by atoms with E-state index < -0.39 is 0 Å². The highest BCUT2D eigenvalue weighted by Gasteiger charge is 1.96. The number of aliphatic hydroxyl groups is 1. The summed E-state index contributed by atoms with van der Waals surface area (Å²) in [4.78, 5) is 0. The molecule has 1 N–H and O–H groups in total.